The number of anilines is 2. The van der Waals surface area contributed by atoms with Crippen molar-refractivity contribution in [3.05, 3.63) is 52.5 Å². The van der Waals surface area contributed by atoms with E-state index in [2.05, 4.69) is 50.1 Å². The molecule has 2 aromatic heterocycles. The third kappa shape index (κ3) is 4.44. The zero-order valence-corrected chi connectivity index (χ0v) is 19.5. The van der Waals surface area contributed by atoms with Crippen LogP contribution in [0.1, 0.15) is 33.6 Å². The number of carbonyl (C=O) groups is 1. The zero-order chi connectivity index (χ0) is 23.9. The molecule has 3 aromatic rings. The number of amides is 1. The highest BCUT2D eigenvalue weighted by Crippen LogP contribution is 2.42. The van der Waals surface area contributed by atoms with Gasteiger partial charge in [-0.05, 0) is 43.0 Å². The van der Waals surface area contributed by atoms with Gasteiger partial charge in [0, 0.05) is 56.0 Å². The lowest BCUT2D eigenvalue weighted by Gasteiger charge is -2.34. The van der Waals surface area contributed by atoms with Gasteiger partial charge in [0.15, 0.2) is 0 Å². The fraction of sp³-hybridized carbons (Fsp3) is 0.417. The van der Waals surface area contributed by atoms with Crippen LogP contribution in [0.2, 0.25) is 0 Å². The van der Waals surface area contributed by atoms with E-state index in [1.165, 1.54) is 25.6 Å². The Kier molecular flexibility index (Phi) is 6.11. The summed E-state index contributed by atoms with van der Waals surface area (Å²) in [6.45, 7) is 2.44. The number of hydrogen-bond acceptors (Lipinski definition) is 6. The number of nitrogens with zero attached hydrogens (tertiary/aromatic N) is 2. The van der Waals surface area contributed by atoms with Gasteiger partial charge >= 0.3 is 6.18 Å². The quantitative estimate of drug-likeness (QED) is 0.483. The second-order valence-corrected chi connectivity index (χ2v) is 9.81. The molecule has 1 aromatic carbocycles. The Morgan fingerprint density at radius 1 is 1.18 bits per heavy atom. The fourth-order valence-electron chi connectivity index (χ4n) is 4.94. The molecule has 0 saturated carbocycles. The van der Waals surface area contributed by atoms with Crippen molar-refractivity contribution in [2.45, 2.75) is 37.5 Å². The predicted octanol–water partition coefficient (Wildman–Crippen LogP) is 4.27. The Bertz CT molecular complexity index is 1180. The number of rotatable bonds is 6. The molecule has 6 nitrogen and oxygen atoms in total. The van der Waals surface area contributed by atoms with E-state index < -0.39 is 17.6 Å². The molecule has 5 rings (SSSR count). The highest BCUT2D eigenvalue weighted by molar-refractivity contribution is 7.21. The molecule has 2 fully saturated rings. The Morgan fingerprint density at radius 2 is 1.88 bits per heavy atom. The van der Waals surface area contributed by atoms with E-state index in [9.17, 15) is 18.0 Å². The lowest BCUT2D eigenvalue weighted by atomic mass is 10.1. The molecule has 0 radical (unpaired) electrons. The maximum absolute atomic E-state index is 13.5. The van der Waals surface area contributed by atoms with Gasteiger partial charge in [0.2, 0.25) is 0 Å². The monoisotopic (exact) mass is 489 g/mol. The van der Waals surface area contributed by atoms with Crippen molar-refractivity contribution in [1.29, 1.82) is 0 Å². The summed E-state index contributed by atoms with van der Waals surface area (Å²) < 4.78 is 40.4. The minimum absolute atomic E-state index is 0.0652. The lowest BCUT2D eigenvalue weighted by molar-refractivity contribution is -0.136. The first-order chi connectivity index (χ1) is 16.3. The topological polar surface area (TPSA) is 69.3 Å². The normalized spacial score (nSPS) is 20.1. The Labute approximate surface area is 199 Å². The van der Waals surface area contributed by atoms with E-state index in [-0.39, 0.29) is 20.8 Å². The van der Waals surface area contributed by atoms with Gasteiger partial charge in [-0.1, -0.05) is 12.1 Å². The number of pyridine rings is 1. The van der Waals surface area contributed by atoms with Crippen LogP contribution in [0.3, 0.4) is 0 Å². The standard InChI is InChI=1S/C24H26F3N5OS/c1-28-20-19-18(24(25,26)27)9-11-30-23(19)34-21(20)22(33)29-10-8-14-2-6-17(7-3-14)32-12-15-4-5-16(13-32)31-15/h2-3,6-7,9,11,15-16,28,31H,4-5,8,10,12-13H2,1H3,(H,29,33)/t15-,16+. The summed E-state index contributed by atoms with van der Waals surface area (Å²) in [5.41, 5.74) is 1.67. The van der Waals surface area contributed by atoms with Gasteiger partial charge in [-0.15, -0.1) is 11.3 Å². The molecule has 4 heterocycles. The first kappa shape index (κ1) is 22.9. The molecule has 2 aliphatic heterocycles. The van der Waals surface area contributed by atoms with Gasteiger partial charge in [0.1, 0.15) is 9.71 Å². The first-order valence-corrected chi connectivity index (χ1v) is 12.2. The number of piperazine rings is 1. The highest BCUT2D eigenvalue weighted by Gasteiger charge is 2.35. The van der Waals surface area contributed by atoms with E-state index in [1.807, 2.05) is 0 Å². The molecule has 0 unspecified atom stereocenters. The summed E-state index contributed by atoms with van der Waals surface area (Å²) in [6, 6.07) is 10.5. The van der Waals surface area contributed by atoms with Crippen LogP contribution in [-0.4, -0.2) is 49.7 Å². The van der Waals surface area contributed by atoms with E-state index >= 15 is 0 Å². The van der Waals surface area contributed by atoms with Gasteiger partial charge in [-0.25, -0.2) is 4.98 Å². The molecular weight excluding hydrogens is 463 g/mol. The summed E-state index contributed by atoms with van der Waals surface area (Å²) in [5.74, 6) is -0.409. The molecule has 2 aliphatic rings. The van der Waals surface area contributed by atoms with Crippen LogP contribution in [0.5, 0.6) is 0 Å². The summed E-state index contributed by atoms with van der Waals surface area (Å²) in [6.07, 6.45) is -0.302. The Morgan fingerprint density at radius 3 is 2.53 bits per heavy atom. The molecule has 2 bridgehead atoms. The smallest absolute Gasteiger partial charge is 0.386 e. The SMILES string of the molecule is CNc1c(C(=O)NCCc2ccc(N3C[C@H]4CC[C@@H](C3)N4)cc2)sc2nccc(C(F)(F)F)c12. The number of nitrogens with one attached hydrogen (secondary N) is 3. The molecule has 10 heteroatoms. The zero-order valence-electron chi connectivity index (χ0n) is 18.7. The van der Waals surface area contributed by atoms with Crippen LogP contribution in [-0.2, 0) is 12.6 Å². The van der Waals surface area contributed by atoms with Crippen LogP contribution in [0.15, 0.2) is 36.5 Å². The molecule has 0 spiro atoms. The summed E-state index contributed by atoms with van der Waals surface area (Å²) >= 11 is 0.960. The van der Waals surface area contributed by atoms with Crippen LogP contribution in [0, 0.1) is 0 Å². The lowest BCUT2D eigenvalue weighted by Crippen LogP contribution is -2.51. The van der Waals surface area contributed by atoms with Gasteiger partial charge in [-0.3, -0.25) is 4.79 Å². The Balaban J connectivity index is 1.23. The third-order valence-corrected chi connectivity index (χ3v) is 7.67. The average molecular weight is 490 g/mol. The second-order valence-electron chi connectivity index (χ2n) is 8.81. The van der Waals surface area contributed by atoms with E-state index in [1.54, 1.807) is 0 Å². The van der Waals surface area contributed by atoms with Crippen molar-refractivity contribution in [3.8, 4) is 0 Å². The number of alkyl halides is 3. The summed E-state index contributed by atoms with van der Waals surface area (Å²) in [5, 5.41) is 9.18. The van der Waals surface area contributed by atoms with E-state index in [4.69, 9.17) is 0 Å². The molecule has 180 valence electrons. The van der Waals surface area contributed by atoms with Gasteiger partial charge in [-0.2, -0.15) is 13.2 Å². The number of thiophene rings is 1. The number of hydrogen-bond donors (Lipinski definition) is 3. The van der Waals surface area contributed by atoms with Gasteiger partial charge in [0.25, 0.3) is 5.91 Å². The van der Waals surface area contributed by atoms with Gasteiger partial charge in [0.05, 0.1) is 11.3 Å². The van der Waals surface area contributed by atoms with Crippen LogP contribution >= 0.6 is 11.3 Å². The minimum Gasteiger partial charge on any atom is -0.386 e. The van der Waals surface area contributed by atoms with E-state index in [0.29, 0.717) is 25.0 Å². The van der Waals surface area contributed by atoms with Crippen molar-refractivity contribution in [2.75, 3.05) is 36.9 Å². The number of fused-ring (bicyclic) bond motifs is 3. The maximum Gasteiger partial charge on any atom is 0.417 e. The maximum atomic E-state index is 13.5. The number of aromatic nitrogens is 1. The van der Waals surface area contributed by atoms with Crippen molar-refractivity contribution < 1.29 is 18.0 Å². The van der Waals surface area contributed by atoms with Crippen molar-refractivity contribution in [3.63, 3.8) is 0 Å². The predicted molar refractivity (Wildman–Crippen MR) is 129 cm³/mol. The molecule has 2 atom stereocenters. The van der Waals surface area contributed by atoms with E-state index in [0.717, 1.165) is 42.3 Å². The first-order valence-electron chi connectivity index (χ1n) is 11.4. The van der Waals surface area contributed by atoms with Crippen molar-refractivity contribution in [1.82, 2.24) is 15.6 Å². The number of halogens is 3. The van der Waals surface area contributed by atoms with Crippen molar-refractivity contribution in [2.24, 2.45) is 0 Å². The molecule has 0 aliphatic carbocycles. The fourth-order valence-corrected chi connectivity index (χ4v) is 6.03. The number of carbonyl (C=O) groups excluding carboxylic acids is 1. The average Bonchev–Trinajstić information content (AvgIpc) is 3.37. The largest absolute Gasteiger partial charge is 0.417 e. The third-order valence-electron chi connectivity index (χ3n) is 6.57. The molecule has 3 N–H and O–H groups in total. The van der Waals surface area contributed by atoms with Crippen molar-refractivity contribution >= 4 is 38.8 Å². The van der Waals surface area contributed by atoms with Crippen LogP contribution in [0.25, 0.3) is 10.2 Å². The second kappa shape index (κ2) is 9.07. The van der Waals surface area contributed by atoms with Crippen LogP contribution < -0.4 is 20.9 Å². The van der Waals surface area contributed by atoms with Gasteiger partial charge < -0.3 is 20.9 Å². The summed E-state index contributed by atoms with van der Waals surface area (Å²) in [7, 11) is 1.51. The summed E-state index contributed by atoms with van der Waals surface area (Å²) in [4.78, 5) is 19.7. The molecule has 2 saturated heterocycles. The Hall–Kier alpha value is -2.85. The minimum atomic E-state index is -4.53. The molecular formula is C24H26F3N5OS. The molecule has 1 amide bonds. The number of benzene rings is 1. The molecule has 34 heavy (non-hydrogen) atoms. The van der Waals surface area contributed by atoms with Crippen LogP contribution in [0.4, 0.5) is 24.5 Å². The highest BCUT2D eigenvalue weighted by atomic mass is 32.1.